The van der Waals surface area contributed by atoms with Crippen LogP contribution >= 0.6 is 0 Å². The van der Waals surface area contributed by atoms with Crippen LogP contribution in [0, 0.1) is 0 Å². The number of hydrogen-bond donors (Lipinski definition) is 0. The number of hydrogen-bond acceptors (Lipinski definition) is 7. The minimum absolute atomic E-state index is 0.0695. The molecule has 0 radical (unpaired) electrons. The predicted octanol–water partition coefficient (Wildman–Crippen LogP) is 6.38. The van der Waals surface area contributed by atoms with Crippen LogP contribution in [0.15, 0.2) is 113 Å². The van der Waals surface area contributed by atoms with Crippen LogP contribution in [0.2, 0.25) is 0 Å². The summed E-state index contributed by atoms with van der Waals surface area (Å²) in [5.41, 5.74) is 2.95. The summed E-state index contributed by atoms with van der Waals surface area (Å²) in [6.45, 7) is 7.43. The predicted molar refractivity (Wildman–Crippen MR) is 177 cm³/mol. The summed E-state index contributed by atoms with van der Waals surface area (Å²) in [5.74, 6) is 0.691. The van der Waals surface area contributed by atoms with E-state index in [1.54, 1.807) is 35.8 Å². The van der Waals surface area contributed by atoms with Gasteiger partial charge in [-0.05, 0) is 61.4 Å². The number of nitrogens with zero attached hydrogens (tertiary/aromatic N) is 3. The molecule has 1 unspecified atom stereocenters. The molecule has 3 aromatic carbocycles. The van der Waals surface area contributed by atoms with E-state index in [0.717, 1.165) is 25.2 Å². The monoisotopic (exact) mass is 633 g/mol. The zero-order chi connectivity index (χ0) is 32.8. The molecule has 1 aromatic heterocycles. The highest BCUT2D eigenvalue weighted by Gasteiger charge is 2.37. The molecular formula is C38H39N3O6. The third-order valence-electron chi connectivity index (χ3n) is 8.65. The number of benzene rings is 3. The molecule has 47 heavy (non-hydrogen) atoms. The first-order valence-electron chi connectivity index (χ1n) is 16.0. The topological polar surface area (TPSA) is 92.5 Å². The Morgan fingerprint density at radius 2 is 1.53 bits per heavy atom. The number of carbonyl (C=O) groups excluding carboxylic acids is 3. The third-order valence-corrected chi connectivity index (χ3v) is 8.65. The molecule has 0 bridgehead atoms. The van der Waals surface area contributed by atoms with E-state index in [1.165, 1.54) is 5.56 Å². The second kappa shape index (κ2) is 14.5. The Kier molecular flexibility index (Phi) is 9.83. The number of piperazine rings is 1. The van der Waals surface area contributed by atoms with E-state index >= 15 is 0 Å². The van der Waals surface area contributed by atoms with Crippen molar-refractivity contribution < 1.29 is 28.3 Å². The lowest BCUT2D eigenvalue weighted by Crippen LogP contribution is -2.48. The Morgan fingerprint density at radius 3 is 2.26 bits per heavy atom. The normalized spacial score (nSPS) is 17.1. The molecule has 3 heterocycles. The fraction of sp³-hybridized carbons (Fsp3) is 0.289. The zero-order valence-electron chi connectivity index (χ0n) is 26.8. The van der Waals surface area contributed by atoms with E-state index in [-0.39, 0.29) is 37.1 Å². The fourth-order valence-corrected chi connectivity index (χ4v) is 6.22. The molecule has 9 heteroatoms. The number of rotatable bonds is 10. The first kappa shape index (κ1) is 31.8. The number of amides is 2. The van der Waals surface area contributed by atoms with Crippen molar-refractivity contribution in [2.75, 3.05) is 32.8 Å². The molecule has 0 aliphatic carbocycles. The maximum atomic E-state index is 13.6. The van der Waals surface area contributed by atoms with Gasteiger partial charge in [0.25, 0.3) is 5.91 Å². The SMILES string of the molecule is CCOC(=O)C1=C(C)N(Cc2ccc(C(=O)N3CCN(Cc4ccccc4)CC3)o2)C(=O)CC1c1cccc(Oc2ccccc2)c1. The van der Waals surface area contributed by atoms with E-state index in [9.17, 15) is 14.4 Å². The molecule has 4 aromatic rings. The van der Waals surface area contributed by atoms with Gasteiger partial charge >= 0.3 is 5.97 Å². The van der Waals surface area contributed by atoms with Gasteiger partial charge in [-0.15, -0.1) is 0 Å². The van der Waals surface area contributed by atoms with Gasteiger partial charge < -0.3 is 23.7 Å². The Bertz CT molecular complexity index is 1740. The van der Waals surface area contributed by atoms with Gasteiger partial charge in [0.1, 0.15) is 17.3 Å². The number of ether oxygens (including phenoxy) is 2. The van der Waals surface area contributed by atoms with Crippen LogP contribution in [0.5, 0.6) is 11.5 Å². The van der Waals surface area contributed by atoms with Gasteiger partial charge in [0.2, 0.25) is 5.91 Å². The molecule has 1 fully saturated rings. The average molecular weight is 634 g/mol. The van der Waals surface area contributed by atoms with Crippen molar-refractivity contribution in [3.8, 4) is 11.5 Å². The summed E-state index contributed by atoms with van der Waals surface area (Å²) >= 11 is 0. The Morgan fingerprint density at radius 1 is 0.830 bits per heavy atom. The fourth-order valence-electron chi connectivity index (χ4n) is 6.22. The van der Waals surface area contributed by atoms with Crippen LogP contribution in [0.25, 0.3) is 0 Å². The van der Waals surface area contributed by atoms with Crippen LogP contribution in [-0.2, 0) is 27.4 Å². The quantitative estimate of drug-likeness (QED) is 0.187. The van der Waals surface area contributed by atoms with E-state index in [0.29, 0.717) is 41.6 Å². The van der Waals surface area contributed by atoms with Gasteiger partial charge in [0.05, 0.1) is 18.7 Å². The number of carbonyl (C=O) groups is 3. The lowest BCUT2D eigenvalue weighted by Gasteiger charge is -2.34. The minimum Gasteiger partial charge on any atom is -0.463 e. The van der Waals surface area contributed by atoms with E-state index in [1.807, 2.05) is 72.8 Å². The van der Waals surface area contributed by atoms with Crippen LogP contribution in [-0.4, -0.2) is 65.3 Å². The summed E-state index contributed by atoms with van der Waals surface area (Å²) in [6, 6.07) is 30.6. The standard InChI is InChI=1S/C38H39N3O6/c1-3-45-38(44)36-27(2)41(35(42)24-33(36)29-13-10-16-31(23-29)46-30-14-8-5-9-15-30)26-32-17-18-34(47-32)37(43)40-21-19-39(20-22-40)25-28-11-6-4-7-12-28/h4-18,23,33H,3,19-22,24-26H2,1-2H3. The van der Waals surface area contributed by atoms with Crippen molar-refractivity contribution in [1.82, 2.24) is 14.7 Å². The van der Waals surface area contributed by atoms with Gasteiger partial charge in [-0.2, -0.15) is 0 Å². The second-order valence-corrected chi connectivity index (χ2v) is 11.8. The summed E-state index contributed by atoms with van der Waals surface area (Å²) in [6.07, 6.45) is 0.0695. The highest BCUT2D eigenvalue weighted by molar-refractivity contribution is 5.96. The van der Waals surface area contributed by atoms with Gasteiger partial charge in [0.15, 0.2) is 5.76 Å². The zero-order valence-corrected chi connectivity index (χ0v) is 26.8. The maximum Gasteiger partial charge on any atom is 0.336 e. The Balaban J connectivity index is 1.15. The van der Waals surface area contributed by atoms with Gasteiger partial charge in [-0.25, -0.2) is 4.79 Å². The number of allylic oxidation sites excluding steroid dienone is 1. The molecule has 0 spiro atoms. The molecule has 0 saturated carbocycles. The molecule has 6 rings (SSSR count). The van der Waals surface area contributed by atoms with Crippen LogP contribution < -0.4 is 4.74 Å². The van der Waals surface area contributed by atoms with E-state index in [2.05, 4.69) is 17.0 Å². The number of furan rings is 1. The molecule has 1 saturated heterocycles. The Labute approximate surface area is 275 Å². The van der Waals surface area contributed by atoms with Crippen LogP contribution in [0.4, 0.5) is 0 Å². The molecule has 2 aliphatic rings. The second-order valence-electron chi connectivity index (χ2n) is 11.8. The largest absolute Gasteiger partial charge is 0.463 e. The molecule has 9 nitrogen and oxygen atoms in total. The van der Waals surface area contributed by atoms with Gasteiger partial charge in [0, 0.05) is 50.8 Å². The number of para-hydroxylation sites is 1. The van der Waals surface area contributed by atoms with Crippen LogP contribution in [0.3, 0.4) is 0 Å². The van der Waals surface area contributed by atoms with E-state index in [4.69, 9.17) is 13.9 Å². The van der Waals surface area contributed by atoms with Crippen molar-refractivity contribution in [3.05, 3.63) is 131 Å². The van der Waals surface area contributed by atoms with Crippen molar-refractivity contribution in [1.29, 1.82) is 0 Å². The summed E-state index contributed by atoms with van der Waals surface area (Å²) in [4.78, 5) is 46.0. The van der Waals surface area contributed by atoms with Crippen molar-refractivity contribution >= 4 is 17.8 Å². The Hall–Kier alpha value is -5.15. The lowest BCUT2D eigenvalue weighted by molar-refractivity contribution is -0.140. The highest BCUT2D eigenvalue weighted by atomic mass is 16.5. The van der Waals surface area contributed by atoms with Crippen molar-refractivity contribution in [3.63, 3.8) is 0 Å². The number of esters is 1. The minimum atomic E-state index is -0.508. The molecular weight excluding hydrogens is 594 g/mol. The molecule has 242 valence electrons. The van der Waals surface area contributed by atoms with Gasteiger partial charge in [-0.3, -0.25) is 14.5 Å². The average Bonchev–Trinajstić information content (AvgIpc) is 3.56. The summed E-state index contributed by atoms with van der Waals surface area (Å²) < 4.78 is 17.5. The highest BCUT2D eigenvalue weighted by Crippen LogP contribution is 2.39. The van der Waals surface area contributed by atoms with Gasteiger partial charge in [-0.1, -0.05) is 60.7 Å². The molecule has 0 N–H and O–H groups in total. The maximum absolute atomic E-state index is 13.6. The first-order chi connectivity index (χ1) is 22.9. The van der Waals surface area contributed by atoms with Crippen molar-refractivity contribution in [2.45, 2.75) is 39.3 Å². The van der Waals surface area contributed by atoms with Crippen molar-refractivity contribution in [2.24, 2.45) is 0 Å². The molecule has 2 aliphatic heterocycles. The first-order valence-corrected chi connectivity index (χ1v) is 16.0. The summed E-state index contributed by atoms with van der Waals surface area (Å²) in [7, 11) is 0. The smallest absolute Gasteiger partial charge is 0.336 e. The lowest BCUT2D eigenvalue weighted by atomic mass is 9.83. The van der Waals surface area contributed by atoms with E-state index < -0.39 is 11.9 Å². The molecule has 2 amide bonds. The third kappa shape index (κ3) is 7.47. The molecule has 1 atom stereocenters. The van der Waals surface area contributed by atoms with Crippen LogP contribution in [0.1, 0.15) is 53.6 Å². The summed E-state index contributed by atoms with van der Waals surface area (Å²) in [5, 5.41) is 0.